The average molecular weight is 394 g/mol. The van der Waals surface area contributed by atoms with Crippen molar-refractivity contribution in [2.45, 2.75) is 38.1 Å². The molecule has 1 aromatic heterocycles. The van der Waals surface area contributed by atoms with Gasteiger partial charge < -0.3 is 9.26 Å². The van der Waals surface area contributed by atoms with Crippen LogP contribution in [0.1, 0.15) is 31.5 Å². The van der Waals surface area contributed by atoms with Gasteiger partial charge in [-0.2, -0.15) is 4.98 Å². The second-order valence-corrected chi connectivity index (χ2v) is 8.35. The molecular formula is C17H22N4O5S. The molecule has 0 fully saturated rings. The van der Waals surface area contributed by atoms with E-state index in [9.17, 15) is 13.2 Å². The maximum atomic E-state index is 12.8. The van der Waals surface area contributed by atoms with E-state index in [1.807, 2.05) is 6.92 Å². The van der Waals surface area contributed by atoms with Crippen LogP contribution in [0, 0.1) is 6.92 Å². The van der Waals surface area contributed by atoms with E-state index >= 15 is 0 Å². The van der Waals surface area contributed by atoms with Gasteiger partial charge in [-0.15, -0.1) is 0 Å². The number of amides is 1. The Bertz CT molecular complexity index is 941. The predicted molar refractivity (Wildman–Crippen MR) is 96.9 cm³/mol. The molecule has 1 aliphatic heterocycles. The molecule has 2 heterocycles. The van der Waals surface area contributed by atoms with Crippen molar-refractivity contribution in [2.24, 2.45) is 0 Å². The van der Waals surface area contributed by atoms with Crippen molar-refractivity contribution in [1.82, 2.24) is 14.4 Å². The molecule has 9 nitrogen and oxygen atoms in total. The van der Waals surface area contributed by atoms with E-state index in [0.717, 1.165) is 12.8 Å². The van der Waals surface area contributed by atoms with Crippen molar-refractivity contribution in [3.63, 3.8) is 0 Å². The number of aryl methyl sites for hydroxylation is 1. The molecule has 27 heavy (non-hydrogen) atoms. The van der Waals surface area contributed by atoms with E-state index in [-0.39, 0.29) is 24.0 Å². The second-order valence-electron chi connectivity index (χ2n) is 6.31. The van der Waals surface area contributed by atoms with Gasteiger partial charge in [-0.1, -0.05) is 18.5 Å². The Hall–Kier alpha value is -2.46. The van der Waals surface area contributed by atoms with Crippen molar-refractivity contribution in [2.75, 3.05) is 25.1 Å². The Morgan fingerprint density at radius 2 is 2.11 bits per heavy atom. The summed E-state index contributed by atoms with van der Waals surface area (Å²) in [5.74, 6) is 0.852. The molecule has 3 rings (SSSR count). The number of rotatable bonds is 7. The van der Waals surface area contributed by atoms with Crippen LogP contribution in [0.15, 0.2) is 27.6 Å². The monoisotopic (exact) mass is 394 g/mol. The van der Waals surface area contributed by atoms with Crippen LogP contribution < -0.4 is 9.64 Å². The van der Waals surface area contributed by atoms with Crippen LogP contribution in [0.2, 0.25) is 0 Å². The predicted octanol–water partition coefficient (Wildman–Crippen LogP) is 1.72. The number of hydrogen-bond donors (Lipinski definition) is 0. The van der Waals surface area contributed by atoms with Crippen molar-refractivity contribution < 1.29 is 22.5 Å². The molecular weight excluding hydrogens is 372 g/mol. The highest BCUT2D eigenvalue weighted by Crippen LogP contribution is 2.35. The Morgan fingerprint density at radius 1 is 1.33 bits per heavy atom. The van der Waals surface area contributed by atoms with Crippen LogP contribution in [-0.2, 0) is 21.4 Å². The van der Waals surface area contributed by atoms with Gasteiger partial charge in [-0.25, -0.2) is 12.7 Å². The standard InChI is InChI=1S/C17H22N4O5S/c1-4-5-8-20(3)27(23,24)13-6-7-15-14(9-13)21(17(22)11-25-15)10-16-18-12(2)26-19-16/h6-7,9H,4-5,8,10-11H2,1-3H3. The number of anilines is 1. The maximum absolute atomic E-state index is 12.8. The van der Waals surface area contributed by atoms with Crippen LogP contribution in [0.4, 0.5) is 5.69 Å². The summed E-state index contributed by atoms with van der Waals surface area (Å²) in [7, 11) is -2.12. The minimum atomic E-state index is -3.66. The summed E-state index contributed by atoms with van der Waals surface area (Å²) in [6.45, 7) is 4.02. The zero-order chi connectivity index (χ0) is 19.6. The molecule has 0 bridgehead atoms. The molecule has 2 aromatic rings. The molecule has 0 aliphatic carbocycles. The molecule has 10 heteroatoms. The number of carbonyl (C=O) groups is 1. The van der Waals surface area contributed by atoms with Gasteiger partial charge in [0.2, 0.25) is 15.9 Å². The van der Waals surface area contributed by atoms with Crippen molar-refractivity contribution in [1.29, 1.82) is 0 Å². The first-order chi connectivity index (χ1) is 12.8. The quantitative estimate of drug-likeness (QED) is 0.704. The summed E-state index contributed by atoms with van der Waals surface area (Å²) in [6.07, 6.45) is 1.66. The molecule has 0 unspecified atom stereocenters. The third-order valence-electron chi connectivity index (χ3n) is 4.28. The van der Waals surface area contributed by atoms with Crippen LogP contribution in [0.25, 0.3) is 0 Å². The van der Waals surface area contributed by atoms with Gasteiger partial charge in [-0.05, 0) is 24.6 Å². The number of ether oxygens (including phenoxy) is 1. The average Bonchev–Trinajstić information content (AvgIpc) is 3.06. The molecule has 146 valence electrons. The summed E-state index contributed by atoms with van der Waals surface area (Å²) in [4.78, 5) is 18.0. The third-order valence-corrected chi connectivity index (χ3v) is 6.13. The van der Waals surface area contributed by atoms with Gasteiger partial charge in [0.1, 0.15) is 5.75 Å². The first-order valence-electron chi connectivity index (χ1n) is 8.65. The zero-order valence-electron chi connectivity index (χ0n) is 15.5. The Kier molecular flexibility index (Phi) is 5.47. The van der Waals surface area contributed by atoms with Gasteiger partial charge in [-0.3, -0.25) is 9.69 Å². The normalized spacial score (nSPS) is 14.4. The van der Waals surface area contributed by atoms with E-state index < -0.39 is 10.0 Å². The fraction of sp³-hybridized carbons (Fsp3) is 0.471. The lowest BCUT2D eigenvalue weighted by Gasteiger charge is -2.29. The molecule has 1 aromatic carbocycles. The minimum absolute atomic E-state index is 0.0711. The van der Waals surface area contributed by atoms with E-state index in [1.165, 1.54) is 21.3 Å². The van der Waals surface area contributed by atoms with E-state index in [1.54, 1.807) is 20.0 Å². The Balaban J connectivity index is 1.94. The van der Waals surface area contributed by atoms with E-state index in [0.29, 0.717) is 29.7 Å². The number of aromatic nitrogens is 2. The van der Waals surface area contributed by atoms with Crippen LogP contribution in [0.3, 0.4) is 0 Å². The van der Waals surface area contributed by atoms with Crippen molar-refractivity contribution in [3.05, 3.63) is 29.9 Å². The number of fused-ring (bicyclic) bond motifs is 1. The third kappa shape index (κ3) is 3.96. The molecule has 0 saturated carbocycles. The number of carbonyl (C=O) groups excluding carboxylic acids is 1. The Morgan fingerprint density at radius 3 is 2.78 bits per heavy atom. The molecule has 1 aliphatic rings. The SMILES string of the molecule is CCCCN(C)S(=O)(=O)c1ccc2c(c1)N(Cc1noc(C)n1)C(=O)CO2. The highest BCUT2D eigenvalue weighted by atomic mass is 32.2. The smallest absolute Gasteiger partial charge is 0.265 e. The highest BCUT2D eigenvalue weighted by molar-refractivity contribution is 7.89. The summed E-state index contributed by atoms with van der Waals surface area (Å²) in [5.41, 5.74) is 0.374. The van der Waals surface area contributed by atoms with Gasteiger partial charge in [0.15, 0.2) is 12.4 Å². The molecule has 0 saturated heterocycles. The first kappa shape index (κ1) is 19.3. The summed E-state index contributed by atoms with van der Waals surface area (Å²) in [6, 6.07) is 4.51. The van der Waals surface area contributed by atoms with E-state index in [2.05, 4.69) is 10.1 Å². The van der Waals surface area contributed by atoms with Crippen molar-refractivity contribution >= 4 is 21.6 Å². The number of benzene rings is 1. The lowest BCUT2D eigenvalue weighted by atomic mass is 10.2. The van der Waals surface area contributed by atoms with Gasteiger partial charge in [0.05, 0.1) is 17.1 Å². The molecule has 0 atom stereocenters. The number of hydrogen-bond acceptors (Lipinski definition) is 7. The number of nitrogens with zero attached hydrogens (tertiary/aromatic N) is 4. The van der Waals surface area contributed by atoms with Crippen LogP contribution >= 0.6 is 0 Å². The van der Waals surface area contributed by atoms with Gasteiger partial charge in [0.25, 0.3) is 5.91 Å². The summed E-state index contributed by atoms with van der Waals surface area (Å²) >= 11 is 0. The van der Waals surface area contributed by atoms with E-state index in [4.69, 9.17) is 9.26 Å². The topological polar surface area (TPSA) is 106 Å². The number of unbranched alkanes of at least 4 members (excludes halogenated alkanes) is 1. The highest BCUT2D eigenvalue weighted by Gasteiger charge is 2.30. The fourth-order valence-corrected chi connectivity index (χ4v) is 3.97. The van der Waals surface area contributed by atoms with Crippen LogP contribution in [-0.4, -0.2) is 49.0 Å². The van der Waals surface area contributed by atoms with Gasteiger partial charge in [0, 0.05) is 20.5 Å². The molecule has 0 spiro atoms. The molecule has 0 radical (unpaired) electrons. The van der Waals surface area contributed by atoms with Crippen LogP contribution in [0.5, 0.6) is 5.75 Å². The second kappa shape index (κ2) is 7.65. The summed E-state index contributed by atoms with van der Waals surface area (Å²) < 4.78 is 37.3. The largest absolute Gasteiger partial charge is 0.482 e. The zero-order valence-corrected chi connectivity index (χ0v) is 16.3. The van der Waals surface area contributed by atoms with Crippen molar-refractivity contribution in [3.8, 4) is 5.75 Å². The first-order valence-corrected chi connectivity index (χ1v) is 10.1. The Labute approximate surface area is 158 Å². The minimum Gasteiger partial charge on any atom is -0.482 e. The molecule has 0 N–H and O–H groups in total. The van der Waals surface area contributed by atoms with Gasteiger partial charge >= 0.3 is 0 Å². The number of sulfonamides is 1. The molecule has 1 amide bonds. The lowest BCUT2D eigenvalue weighted by Crippen LogP contribution is -2.38. The lowest BCUT2D eigenvalue weighted by molar-refractivity contribution is -0.121. The maximum Gasteiger partial charge on any atom is 0.265 e. The fourth-order valence-electron chi connectivity index (χ4n) is 2.74. The summed E-state index contributed by atoms with van der Waals surface area (Å²) in [5, 5.41) is 3.80.